The summed E-state index contributed by atoms with van der Waals surface area (Å²) >= 11 is 0. The number of rotatable bonds is 4. The number of benzene rings is 1. The number of hydrogen-bond donors (Lipinski definition) is 1. The van der Waals surface area contributed by atoms with Gasteiger partial charge in [0.1, 0.15) is 5.75 Å². The molecular formula is C18H18F3N5O2. The van der Waals surface area contributed by atoms with Crippen molar-refractivity contribution in [2.75, 3.05) is 5.32 Å². The van der Waals surface area contributed by atoms with E-state index in [-0.39, 0.29) is 23.4 Å². The first-order chi connectivity index (χ1) is 13.1. The highest BCUT2D eigenvalue weighted by Crippen LogP contribution is 2.31. The summed E-state index contributed by atoms with van der Waals surface area (Å²) in [5, 5.41) is 13.5. The van der Waals surface area contributed by atoms with E-state index in [9.17, 15) is 18.0 Å². The maximum atomic E-state index is 13.1. The molecule has 0 aliphatic carbocycles. The van der Waals surface area contributed by atoms with Crippen LogP contribution in [0.1, 0.15) is 30.8 Å². The van der Waals surface area contributed by atoms with Crippen molar-refractivity contribution >= 4 is 17.2 Å². The first-order valence-corrected chi connectivity index (χ1v) is 8.46. The Morgan fingerprint density at radius 3 is 2.32 bits per heavy atom. The molecule has 0 bridgehead atoms. The molecule has 0 spiro atoms. The van der Waals surface area contributed by atoms with Gasteiger partial charge in [0, 0.05) is 22.7 Å². The second kappa shape index (κ2) is 7.10. The van der Waals surface area contributed by atoms with Gasteiger partial charge in [-0.15, -0.1) is 15.3 Å². The smallest absolute Gasteiger partial charge is 0.437 e. The highest BCUT2D eigenvalue weighted by Gasteiger charge is 2.38. The standard InChI is InChI=1S/C18H18F3N5O2/c1-9(2)15(27)22-12-5-7-13(8-6-12)28-16-11(4)10(3)14-23-24-17(18(19,20)21)26(14)25-16/h5-9H,1-4H3,(H,22,27). The van der Waals surface area contributed by atoms with Crippen molar-refractivity contribution in [2.45, 2.75) is 33.9 Å². The number of carbonyl (C=O) groups is 1. The van der Waals surface area contributed by atoms with Crippen molar-refractivity contribution in [3.05, 3.63) is 41.2 Å². The largest absolute Gasteiger partial charge is 0.453 e. The van der Waals surface area contributed by atoms with Crippen LogP contribution in [0.4, 0.5) is 18.9 Å². The first-order valence-electron chi connectivity index (χ1n) is 8.46. The number of fused-ring (bicyclic) bond motifs is 1. The van der Waals surface area contributed by atoms with Gasteiger partial charge in [0.2, 0.25) is 11.8 Å². The van der Waals surface area contributed by atoms with Gasteiger partial charge in [-0.1, -0.05) is 13.8 Å². The van der Waals surface area contributed by atoms with E-state index in [4.69, 9.17) is 4.74 Å². The van der Waals surface area contributed by atoms with E-state index in [1.54, 1.807) is 52.0 Å². The van der Waals surface area contributed by atoms with Gasteiger partial charge < -0.3 is 10.1 Å². The molecule has 0 atom stereocenters. The van der Waals surface area contributed by atoms with Crippen LogP contribution in [-0.4, -0.2) is 25.7 Å². The number of hydrogen-bond acceptors (Lipinski definition) is 5. The van der Waals surface area contributed by atoms with E-state index < -0.39 is 12.0 Å². The van der Waals surface area contributed by atoms with E-state index in [1.165, 1.54) is 0 Å². The third-order valence-electron chi connectivity index (χ3n) is 4.16. The molecule has 0 saturated heterocycles. The summed E-state index contributed by atoms with van der Waals surface area (Å²) < 4.78 is 45.6. The summed E-state index contributed by atoms with van der Waals surface area (Å²) in [6, 6.07) is 6.45. The van der Waals surface area contributed by atoms with Crippen LogP contribution in [-0.2, 0) is 11.0 Å². The second-order valence-corrected chi connectivity index (χ2v) is 6.58. The van der Waals surface area contributed by atoms with Crippen LogP contribution >= 0.6 is 0 Å². The lowest BCUT2D eigenvalue weighted by Crippen LogP contribution is -2.17. The van der Waals surface area contributed by atoms with Crippen LogP contribution in [0.15, 0.2) is 24.3 Å². The minimum atomic E-state index is -4.69. The number of aryl methyl sites for hydroxylation is 1. The lowest BCUT2D eigenvalue weighted by Gasteiger charge is -2.12. The van der Waals surface area contributed by atoms with Gasteiger partial charge in [0.15, 0.2) is 5.65 Å². The van der Waals surface area contributed by atoms with Crippen molar-refractivity contribution < 1.29 is 22.7 Å². The number of aromatic nitrogens is 4. The predicted molar refractivity (Wildman–Crippen MR) is 95.2 cm³/mol. The van der Waals surface area contributed by atoms with Crippen molar-refractivity contribution in [1.82, 2.24) is 19.8 Å². The summed E-state index contributed by atoms with van der Waals surface area (Å²) in [6.07, 6.45) is -4.69. The number of amides is 1. The van der Waals surface area contributed by atoms with Crippen LogP contribution in [0.3, 0.4) is 0 Å². The monoisotopic (exact) mass is 393 g/mol. The lowest BCUT2D eigenvalue weighted by atomic mass is 10.2. The molecular weight excluding hydrogens is 375 g/mol. The fourth-order valence-corrected chi connectivity index (χ4v) is 2.38. The first kappa shape index (κ1) is 19.6. The Morgan fingerprint density at radius 2 is 1.75 bits per heavy atom. The molecule has 1 amide bonds. The minimum Gasteiger partial charge on any atom is -0.437 e. The topological polar surface area (TPSA) is 81.4 Å². The Kier molecular flexibility index (Phi) is 4.97. The minimum absolute atomic E-state index is 0.00858. The molecule has 1 aromatic carbocycles. The molecule has 0 radical (unpaired) electrons. The van der Waals surface area contributed by atoms with E-state index >= 15 is 0 Å². The predicted octanol–water partition coefficient (Wildman–Crippen LogP) is 4.15. The molecule has 0 saturated carbocycles. The lowest BCUT2D eigenvalue weighted by molar-refractivity contribution is -0.146. The van der Waals surface area contributed by atoms with Crippen LogP contribution in [0.5, 0.6) is 11.6 Å². The Bertz CT molecular complexity index is 1030. The van der Waals surface area contributed by atoms with Crippen LogP contribution < -0.4 is 10.1 Å². The van der Waals surface area contributed by atoms with Gasteiger partial charge in [-0.05, 0) is 38.1 Å². The fourth-order valence-electron chi connectivity index (χ4n) is 2.38. The number of nitrogens with zero attached hydrogens (tertiary/aromatic N) is 4. The molecule has 148 valence electrons. The molecule has 0 fully saturated rings. The molecule has 3 aromatic rings. The van der Waals surface area contributed by atoms with Gasteiger partial charge in [-0.25, -0.2) is 0 Å². The maximum absolute atomic E-state index is 13.1. The number of nitrogens with one attached hydrogen (secondary N) is 1. The highest BCUT2D eigenvalue weighted by atomic mass is 19.4. The van der Waals surface area contributed by atoms with Gasteiger partial charge in [0.05, 0.1) is 0 Å². The molecule has 2 heterocycles. The van der Waals surface area contributed by atoms with Gasteiger partial charge in [0.25, 0.3) is 5.82 Å². The number of ether oxygens (including phenoxy) is 1. The zero-order chi connectivity index (χ0) is 20.6. The zero-order valence-corrected chi connectivity index (χ0v) is 15.6. The van der Waals surface area contributed by atoms with Gasteiger partial charge in [-0.2, -0.15) is 17.7 Å². The molecule has 0 unspecified atom stereocenters. The zero-order valence-electron chi connectivity index (χ0n) is 15.6. The second-order valence-electron chi connectivity index (χ2n) is 6.58. The average molecular weight is 393 g/mol. The summed E-state index contributed by atoms with van der Waals surface area (Å²) in [7, 11) is 0. The Labute approximate surface area is 158 Å². The Balaban J connectivity index is 1.92. The van der Waals surface area contributed by atoms with E-state index in [1.807, 2.05) is 0 Å². The van der Waals surface area contributed by atoms with E-state index in [0.29, 0.717) is 27.1 Å². The van der Waals surface area contributed by atoms with Crippen molar-refractivity contribution in [3.63, 3.8) is 0 Å². The van der Waals surface area contributed by atoms with Gasteiger partial charge >= 0.3 is 6.18 Å². The SMILES string of the molecule is Cc1c(Oc2ccc(NC(=O)C(C)C)cc2)nn2c(C(F)(F)F)nnc2c1C. The van der Waals surface area contributed by atoms with Crippen LogP contribution in [0.2, 0.25) is 0 Å². The van der Waals surface area contributed by atoms with Crippen LogP contribution in [0.25, 0.3) is 5.65 Å². The van der Waals surface area contributed by atoms with Gasteiger partial charge in [-0.3, -0.25) is 4.79 Å². The molecule has 28 heavy (non-hydrogen) atoms. The summed E-state index contributed by atoms with van der Waals surface area (Å²) in [5.41, 5.74) is 1.63. The molecule has 1 N–H and O–H groups in total. The van der Waals surface area contributed by atoms with Crippen molar-refractivity contribution in [1.29, 1.82) is 0 Å². The molecule has 7 nitrogen and oxygen atoms in total. The number of anilines is 1. The maximum Gasteiger partial charge on any atom is 0.453 e. The van der Waals surface area contributed by atoms with Crippen molar-refractivity contribution in [2.24, 2.45) is 5.92 Å². The molecule has 0 aliphatic rings. The van der Waals surface area contributed by atoms with E-state index in [2.05, 4.69) is 20.6 Å². The van der Waals surface area contributed by atoms with Crippen LogP contribution in [0, 0.1) is 19.8 Å². The molecule has 2 aromatic heterocycles. The molecule has 10 heteroatoms. The molecule has 3 rings (SSSR count). The quantitative estimate of drug-likeness (QED) is 0.720. The Morgan fingerprint density at radius 1 is 1.11 bits per heavy atom. The highest BCUT2D eigenvalue weighted by molar-refractivity contribution is 5.92. The number of carbonyl (C=O) groups excluding carboxylic acids is 1. The fraction of sp³-hybridized carbons (Fsp3) is 0.333. The van der Waals surface area contributed by atoms with Crippen molar-refractivity contribution in [3.8, 4) is 11.6 Å². The number of alkyl halides is 3. The molecule has 0 aliphatic heterocycles. The number of halogens is 3. The average Bonchev–Trinajstić information content (AvgIpc) is 3.05. The van der Waals surface area contributed by atoms with E-state index in [0.717, 1.165) is 0 Å². The third kappa shape index (κ3) is 3.75. The summed E-state index contributed by atoms with van der Waals surface area (Å²) in [6.45, 7) is 6.86. The Hall–Kier alpha value is -3.17. The normalized spacial score (nSPS) is 11.9. The summed E-state index contributed by atoms with van der Waals surface area (Å²) in [4.78, 5) is 11.7. The summed E-state index contributed by atoms with van der Waals surface area (Å²) in [5.74, 6) is -1.14. The third-order valence-corrected chi connectivity index (χ3v) is 4.16.